The van der Waals surface area contributed by atoms with Crippen molar-refractivity contribution in [3.63, 3.8) is 0 Å². The molecule has 0 radical (unpaired) electrons. The Labute approximate surface area is 138 Å². The van der Waals surface area contributed by atoms with Gasteiger partial charge in [-0.1, -0.05) is 12.1 Å². The van der Waals surface area contributed by atoms with Gasteiger partial charge in [-0.15, -0.1) is 0 Å². The highest BCUT2D eigenvalue weighted by Gasteiger charge is 2.35. The first-order valence-electron chi connectivity index (χ1n) is 7.54. The molecule has 0 saturated heterocycles. The van der Waals surface area contributed by atoms with Crippen molar-refractivity contribution in [1.29, 1.82) is 0 Å². The average molecular weight is 318 g/mol. The first-order chi connectivity index (χ1) is 11.7. The van der Waals surface area contributed by atoms with E-state index in [2.05, 4.69) is 9.97 Å². The molecule has 0 spiro atoms. The zero-order valence-electron chi connectivity index (χ0n) is 13.0. The van der Waals surface area contributed by atoms with Crippen LogP contribution in [-0.4, -0.2) is 31.2 Å². The van der Waals surface area contributed by atoms with Crippen LogP contribution in [0, 0.1) is 6.92 Å². The monoisotopic (exact) mass is 318 g/mol. The van der Waals surface area contributed by atoms with E-state index in [4.69, 9.17) is 0 Å². The van der Waals surface area contributed by atoms with E-state index in [-0.39, 0.29) is 18.5 Å². The second-order valence-corrected chi connectivity index (χ2v) is 5.62. The fourth-order valence-corrected chi connectivity index (χ4v) is 2.89. The number of hydrogen-bond acceptors (Lipinski definition) is 4. The van der Waals surface area contributed by atoms with Gasteiger partial charge >= 0.3 is 0 Å². The number of pyridine rings is 1. The van der Waals surface area contributed by atoms with Gasteiger partial charge < -0.3 is 4.57 Å². The van der Waals surface area contributed by atoms with Gasteiger partial charge in [0.05, 0.1) is 23.1 Å². The van der Waals surface area contributed by atoms with Crippen LogP contribution in [0.3, 0.4) is 0 Å². The third kappa shape index (κ3) is 2.11. The molecular weight excluding hydrogens is 304 g/mol. The lowest BCUT2D eigenvalue weighted by Crippen LogP contribution is -2.32. The molecule has 1 aliphatic rings. The van der Waals surface area contributed by atoms with Gasteiger partial charge in [0.2, 0.25) is 0 Å². The van der Waals surface area contributed by atoms with Crippen LogP contribution in [0.15, 0.2) is 55.1 Å². The molecule has 0 bridgehead atoms. The lowest BCUT2D eigenvalue weighted by Gasteiger charge is -2.15. The van der Waals surface area contributed by atoms with Gasteiger partial charge in [0.25, 0.3) is 11.8 Å². The largest absolute Gasteiger partial charge is 0.315 e. The van der Waals surface area contributed by atoms with E-state index >= 15 is 0 Å². The van der Waals surface area contributed by atoms with Gasteiger partial charge in [0, 0.05) is 23.7 Å². The Balaban J connectivity index is 1.65. The third-order valence-electron chi connectivity index (χ3n) is 4.21. The van der Waals surface area contributed by atoms with Crippen LogP contribution < -0.4 is 0 Å². The summed E-state index contributed by atoms with van der Waals surface area (Å²) in [5, 5.41) is 0. The number of hydrogen-bond donors (Lipinski definition) is 0. The predicted octanol–water partition coefficient (Wildman–Crippen LogP) is 2.51. The summed E-state index contributed by atoms with van der Waals surface area (Å²) in [5.74, 6) is -0.543. The smallest absolute Gasteiger partial charge is 0.263 e. The maximum Gasteiger partial charge on any atom is 0.263 e. The summed E-state index contributed by atoms with van der Waals surface area (Å²) >= 11 is 0. The van der Waals surface area contributed by atoms with Crippen molar-refractivity contribution in [2.24, 2.45) is 0 Å². The summed E-state index contributed by atoms with van der Waals surface area (Å²) in [6.45, 7) is 2.05. The molecule has 3 aromatic rings. The molecule has 2 aromatic heterocycles. The molecule has 0 unspecified atom stereocenters. The van der Waals surface area contributed by atoms with E-state index in [1.807, 2.05) is 19.1 Å². The Kier molecular flexibility index (Phi) is 3.23. The number of imide groups is 1. The highest BCUT2D eigenvalue weighted by Crippen LogP contribution is 2.25. The Bertz CT molecular complexity index is 912. The van der Waals surface area contributed by atoms with E-state index in [9.17, 15) is 9.59 Å². The second-order valence-electron chi connectivity index (χ2n) is 5.62. The molecule has 4 rings (SSSR count). The normalized spacial score (nSPS) is 13.5. The number of amides is 2. The van der Waals surface area contributed by atoms with Crippen molar-refractivity contribution in [3.05, 3.63) is 71.9 Å². The van der Waals surface area contributed by atoms with Crippen molar-refractivity contribution in [2.75, 3.05) is 0 Å². The summed E-state index contributed by atoms with van der Waals surface area (Å²) in [4.78, 5) is 34.7. The van der Waals surface area contributed by atoms with Crippen LogP contribution in [0.4, 0.5) is 0 Å². The number of aromatic nitrogens is 3. The predicted molar refractivity (Wildman–Crippen MR) is 87.1 cm³/mol. The Hall–Kier alpha value is -3.28. The van der Waals surface area contributed by atoms with E-state index in [1.165, 1.54) is 4.90 Å². The second kappa shape index (κ2) is 5.42. The number of rotatable bonds is 3. The zero-order valence-corrected chi connectivity index (χ0v) is 13.0. The highest BCUT2D eigenvalue weighted by atomic mass is 16.2. The van der Waals surface area contributed by atoms with Crippen LogP contribution in [0.25, 0.3) is 11.3 Å². The third-order valence-corrected chi connectivity index (χ3v) is 4.21. The molecule has 0 N–H and O–H groups in total. The van der Waals surface area contributed by atoms with Crippen LogP contribution in [0.2, 0.25) is 0 Å². The minimum Gasteiger partial charge on any atom is -0.315 e. The lowest BCUT2D eigenvalue weighted by atomic mass is 10.1. The molecule has 0 saturated carbocycles. The number of imidazole rings is 1. The molecule has 0 aliphatic carbocycles. The van der Waals surface area contributed by atoms with E-state index in [0.29, 0.717) is 11.1 Å². The van der Waals surface area contributed by atoms with Gasteiger partial charge in [-0.25, -0.2) is 4.98 Å². The summed E-state index contributed by atoms with van der Waals surface area (Å²) in [6.07, 6.45) is 5.08. The molecule has 6 nitrogen and oxygen atoms in total. The van der Waals surface area contributed by atoms with Gasteiger partial charge in [0.1, 0.15) is 6.67 Å². The molecular formula is C18H14N4O2. The molecule has 6 heteroatoms. The molecule has 0 atom stereocenters. The van der Waals surface area contributed by atoms with Crippen LogP contribution >= 0.6 is 0 Å². The van der Waals surface area contributed by atoms with Crippen molar-refractivity contribution in [2.45, 2.75) is 13.6 Å². The molecule has 3 heterocycles. The van der Waals surface area contributed by atoms with Crippen molar-refractivity contribution in [3.8, 4) is 11.3 Å². The zero-order chi connectivity index (χ0) is 16.7. The number of carbonyl (C=O) groups excluding carboxylic acids is 2. The minimum absolute atomic E-state index is 0.144. The number of fused-ring (bicyclic) bond motifs is 1. The minimum atomic E-state index is -0.272. The summed E-state index contributed by atoms with van der Waals surface area (Å²) < 4.78 is 1.80. The van der Waals surface area contributed by atoms with Crippen LogP contribution in [0.1, 0.15) is 26.4 Å². The fraction of sp³-hybridized carbons (Fsp3) is 0.111. The number of carbonyl (C=O) groups is 2. The van der Waals surface area contributed by atoms with E-state index in [0.717, 1.165) is 17.0 Å². The Morgan fingerprint density at radius 2 is 1.71 bits per heavy atom. The lowest BCUT2D eigenvalue weighted by molar-refractivity contribution is 0.0605. The first kappa shape index (κ1) is 14.3. The van der Waals surface area contributed by atoms with Gasteiger partial charge in [-0.3, -0.25) is 19.5 Å². The summed E-state index contributed by atoms with van der Waals surface area (Å²) in [6, 6.07) is 10.6. The van der Waals surface area contributed by atoms with E-state index < -0.39 is 0 Å². The van der Waals surface area contributed by atoms with Gasteiger partial charge in [0.15, 0.2) is 0 Å². The molecule has 0 fully saturated rings. The summed E-state index contributed by atoms with van der Waals surface area (Å²) in [7, 11) is 0. The maximum atomic E-state index is 12.5. The Morgan fingerprint density at radius 3 is 2.33 bits per heavy atom. The molecule has 24 heavy (non-hydrogen) atoms. The average Bonchev–Trinajstić information content (AvgIpc) is 3.10. The summed E-state index contributed by atoms with van der Waals surface area (Å²) in [5.41, 5.74) is 3.47. The topological polar surface area (TPSA) is 68.1 Å². The van der Waals surface area contributed by atoms with Crippen LogP contribution in [-0.2, 0) is 6.67 Å². The Morgan fingerprint density at radius 1 is 1.00 bits per heavy atom. The SMILES string of the molecule is Cc1c(-c2cccnc2)ncn1CN1C(=O)c2ccccc2C1=O. The van der Waals surface area contributed by atoms with Gasteiger partial charge in [-0.05, 0) is 31.2 Å². The molecule has 2 amide bonds. The quantitative estimate of drug-likeness (QED) is 0.696. The standard InChI is InChI=1S/C18H14N4O2/c1-12-16(13-5-4-8-19-9-13)20-10-21(12)11-22-17(23)14-6-2-3-7-15(14)18(22)24/h2-10H,11H2,1H3. The van der Waals surface area contributed by atoms with Crippen molar-refractivity contribution >= 4 is 11.8 Å². The van der Waals surface area contributed by atoms with Gasteiger partial charge in [-0.2, -0.15) is 0 Å². The van der Waals surface area contributed by atoms with Crippen molar-refractivity contribution in [1.82, 2.24) is 19.4 Å². The van der Waals surface area contributed by atoms with E-state index in [1.54, 1.807) is 47.6 Å². The number of benzene rings is 1. The molecule has 1 aromatic carbocycles. The maximum absolute atomic E-state index is 12.5. The fourth-order valence-electron chi connectivity index (χ4n) is 2.89. The first-order valence-corrected chi connectivity index (χ1v) is 7.54. The molecule has 1 aliphatic heterocycles. The molecule has 118 valence electrons. The number of nitrogens with zero attached hydrogens (tertiary/aromatic N) is 4. The highest BCUT2D eigenvalue weighted by molar-refractivity contribution is 6.21. The van der Waals surface area contributed by atoms with Crippen LogP contribution in [0.5, 0.6) is 0 Å². The van der Waals surface area contributed by atoms with Crippen molar-refractivity contribution < 1.29 is 9.59 Å².